The van der Waals surface area contributed by atoms with Crippen molar-refractivity contribution in [2.75, 3.05) is 31.3 Å². The van der Waals surface area contributed by atoms with Gasteiger partial charge in [0, 0.05) is 24.9 Å². The average Bonchev–Trinajstić information content (AvgIpc) is 3.09. The van der Waals surface area contributed by atoms with Crippen LogP contribution in [0.3, 0.4) is 0 Å². The number of rotatable bonds is 9. The highest BCUT2D eigenvalue weighted by Crippen LogP contribution is 2.27. The van der Waals surface area contributed by atoms with E-state index in [1.165, 1.54) is 30.0 Å². The molecular formula is C15H20N4O3S2. The van der Waals surface area contributed by atoms with Crippen LogP contribution in [0.4, 0.5) is 5.13 Å². The zero-order valence-electron chi connectivity index (χ0n) is 14.1. The summed E-state index contributed by atoms with van der Waals surface area (Å²) in [4.78, 5) is 27.1. The van der Waals surface area contributed by atoms with Crippen molar-refractivity contribution in [1.29, 1.82) is 0 Å². The minimum atomic E-state index is -0.0582. The van der Waals surface area contributed by atoms with Gasteiger partial charge in [0.25, 0.3) is 0 Å². The van der Waals surface area contributed by atoms with E-state index in [1.807, 2.05) is 0 Å². The lowest BCUT2D eigenvalue weighted by Crippen LogP contribution is -2.06. The Hall–Kier alpha value is -1.71. The van der Waals surface area contributed by atoms with Gasteiger partial charge in [-0.15, -0.1) is 10.2 Å². The van der Waals surface area contributed by atoms with Crippen molar-refractivity contribution < 1.29 is 14.3 Å². The summed E-state index contributed by atoms with van der Waals surface area (Å²) in [5.74, 6) is 0.145. The van der Waals surface area contributed by atoms with Gasteiger partial charge in [-0.05, 0) is 26.3 Å². The van der Waals surface area contributed by atoms with Gasteiger partial charge >= 0.3 is 0 Å². The maximum atomic E-state index is 12.4. The summed E-state index contributed by atoms with van der Waals surface area (Å²) in [6.07, 6.45) is 0. The van der Waals surface area contributed by atoms with E-state index in [1.54, 1.807) is 21.0 Å². The van der Waals surface area contributed by atoms with Gasteiger partial charge in [0.15, 0.2) is 15.9 Å². The molecule has 0 saturated heterocycles. The second-order valence-corrected chi connectivity index (χ2v) is 7.39. The first-order valence-electron chi connectivity index (χ1n) is 7.36. The highest BCUT2D eigenvalue weighted by Gasteiger charge is 2.20. The molecule has 0 saturated carbocycles. The van der Waals surface area contributed by atoms with Crippen LogP contribution in [-0.2, 0) is 4.74 Å². The number of ketones is 2. The molecule has 2 aromatic rings. The molecule has 0 aliphatic rings. The molecule has 2 aromatic heterocycles. The first-order valence-corrected chi connectivity index (χ1v) is 9.16. The monoisotopic (exact) mass is 368 g/mol. The van der Waals surface area contributed by atoms with E-state index >= 15 is 0 Å². The lowest BCUT2D eigenvalue weighted by molar-refractivity contribution is 0.101. The first-order chi connectivity index (χ1) is 11.4. The number of aromatic amines is 1. The summed E-state index contributed by atoms with van der Waals surface area (Å²) in [7, 11) is 1.64. The molecule has 9 heteroatoms. The zero-order valence-corrected chi connectivity index (χ0v) is 15.7. The summed E-state index contributed by atoms with van der Waals surface area (Å²) < 4.78 is 5.67. The highest BCUT2D eigenvalue weighted by atomic mass is 32.2. The molecule has 0 fully saturated rings. The molecule has 2 N–H and O–H groups in total. The molecule has 0 atom stereocenters. The molecular weight excluding hydrogens is 348 g/mol. The molecule has 2 rings (SSSR count). The van der Waals surface area contributed by atoms with E-state index in [0.717, 1.165) is 10.0 Å². The summed E-state index contributed by atoms with van der Waals surface area (Å²) in [6, 6.07) is 0. The molecule has 0 aliphatic carbocycles. The fraction of sp³-hybridized carbons (Fsp3) is 0.467. The van der Waals surface area contributed by atoms with Crippen LogP contribution < -0.4 is 5.32 Å². The molecule has 130 valence electrons. The summed E-state index contributed by atoms with van der Waals surface area (Å²) in [5.41, 5.74) is 2.54. The molecule has 0 amide bonds. The van der Waals surface area contributed by atoms with Crippen molar-refractivity contribution in [2.24, 2.45) is 0 Å². The Bertz CT molecular complexity index is 739. The number of aromatic nitrogens is 3. The number of methoxy groups -OCH3 is 1. The van der Waals surface area contributed by atoms with Gasteiger partial charge in [-0.1, -0.05) is 23.1 Å². The minimum absolute atomic E-state index is 0.0381. The number of Topliss-reactive ketones (excluding diaryl/α,β-unsaturated/α-hetero) is 2. The van der Waals surface area contributed by atoms with Gasteiger partial charge < -0.3 is 15.0 Å². The van der Waals surface area contributed by atoms with Crippen LogP contribution >= 0.6 is 23.1 Å². The Morgan fingerprint density at radius 1 is 1.33 bits per heavy atom. The number of nitrogens with zero attached hydrogens (tertiary/aromatic N) is 2. The van der Waals surface area contributed by atoms with E-state index in [0.29, 0.717) is 35.1 Å². The molecule has 7 nitrogen and oxygen atoms in total. The van der Waals surface area contributed by atoms with Crippen LogP contribution in [0, 0.1) is 13.8 Å². The Morgan fingerprint density at radius 3 is 2.71 bits per heavy atom. The van der Waals surface area contributed by atoms with Crippen LogP contribution in [0.15, 0.2) is 4.34 Å². The van der Waals surface area contributed by atoms with Crippen molar-refractivity contribution in [1.82, 2.24) is 15.2 Å². The number of carbonyl (C=O) groups excluding carboxylic acids is 2. The van der Waals surface area contributed by atoms with Gasteiger partial charge in [-0.2, -0.15) is 0 Å². The topological polar surface area (TPSA) is 97.0 Å². The summed E-state index contributed by atoms with van der Waals surface area (Å²) in [6.45, 7) is 6.34. The third-order valence-corrected chi connectivity index (χ3v) is 5.40. The smallest absolute Gasteiger partial charge is 0.206 e. The fourth-order valence-corrected chi connectivity index (χ4v) is 4.01. The second kappa shape index (κ2) is 8.41. The van der Waals surface area contributed by atoms with Gasteiger partial charge in [0.2, 0.25) is 5.13 Å². The van der Waals surface area contributed by atoms with Gasteiger partial charge in [-0.3, -0.25) is 9.59 Å². The molecule has 0 radical (unpaired) electrons. The summed E-state index contributed by atoms with van der Waals surface area (Å²) in [5, 5.41) is 11.9. The molecule has 0 spiro atoms. The lowest BCUT2D eigenvalue weighted by atomic mass is 10.1. The van der Waals surface area contributed by atoms with Crippen LogP contribution in [0.1, 0.15) is 39.0 Å². The quantitative estimate of drug-likeness (QED) is 0.399. The Kier molecular flexibility index (Phi) is 6.52. The zero-order chi connectivity index (χ0) is 17.7. The Morgan fingerprint density at radius 2 is 2.08 bits per heavy atom. The Balaban J connectivity index is 1.96. The normalized spacial score (nSPS) is 10.8. The highest BCUT2D eigenvalue weighted by molar-refractivity contribution is 8.01. The van der Waals surface area contributed by atoms with E-state index in [2.05, 4.69) is 20.5 Å². The van der Waals surface area contributed by atoms with Crippen molar-refractivity contribution in [2.45, 2.75) is 25.1 Å². The predicted octanol–water partition coefficient (Wildman–Crippen LogP) is 2.72. The third-order valence-electron chi connectivity index (χ3n) is 3.38. The molecule has 0 unspecified atom stereocenters. The second-order valence-electron chi connectivity index (χ2n) is 5.19. The largest absolute Gasteiger partial charge is 0.383 e. The Labute approximate surface area is 148 Å². The van der Waals surface area contributed by atoms with Gasteiger partial charge in [-0.25, -0.2) is 0 Å². The van der Waals surface area contributed by atoms with E-state index in [9.17, 15) is 9.59 Å². The van der Waals surface area contributed by atoms with Crippen molar-refractivity contribution in [3.05, 3.63) is 22.5 Å². The minimum Gasteiger partial charge on any atom is -0.383 e. The van der Waals surface area contributed by atoms with Crippen molar-refractivity contribution >= 4 is 39.8 Å². The molecule has 0 bridgehead atoms. The lowest BCUT2D eigenvalue weighted by Gasteiger charge is -1.99. The first kappa shape index (κ1) is 18.6. The standard InChI is InChI=1S/C15H20N4O3S2/c1-8-12(10(3)20)9(2)17-13(8)11(21)7-23-15-19-18-14(24-15)16-5-6-22-4/h17H,5-7H2,1-4H3,(H,16,18). The number of H-pyrrole nitrogens is 1. The molecule has 24 heavy (non-hydrogen) atoms. The molecule has 2 heterocycles. The number of anilines is 1. The summed E-state index contributed by atoms with van der Waals surface area (Å²) >= 11 is 2.73. The van der Waals surface area contributed by atoms with Gasteiger partial charge in [0.1, 0.15) is 0 Å². The number of hydrogen-bond acceptors (Lipinski definition) is 8. The van der Waals surface area contributed by atoms with Crippen LogP contribution in [-0.4, -0.2) is 52.8 Å². The number of aryl methyl sites for hydroxylation is 1. The average molecular weight is 368 g/mol. The maximum Gasteiger partial charge on any atom is 0.206 e. The number of nitrogens with one attached hydrogen (secondary N) is 2. The number of ether oxygens (including phenoxy) is 1. The molecule has 0 aliphatic heterocycles. The van der Waals surface area contributed by atoms with Gasteiger partial charge in [0.05, 0.1) is 18.1 Å². The van der Waals surface area contributed by atoms with Crippen molar-refractivity contribution in [3.63, 3.8) is 0 Å². The predicted molar refractivity (Wildman–Crippen MR) is 95.6 cm³/mol. The third kappa shape index (κ3) is 4.43. The SMILES string of the molecule is COCCNc1nnc(SCC(=O)c2[nH]c(C)c(C(C)=O)c2C)s1. The van der Waals surface area contributed by atoms with Crippen molar-refractivity contribution in [3.8, 4) is 0 Å². The van der Waals surface area contributed by atoms with Crippen LogP contribution in [0.25, 0.3) is 0 Å². The van der Waals surface area contributed by atoms with E-state index < -0.39 is 0 Å². The van der Waals surface area contributed by atoms with Crippen LogP contribution in [0.2, 0.25) is 0 Å². The maximum absolute atomic E-state index is 12.4. The van der Waals surface area contributed by atoms with E-state index in [-0.39, 0.29) is 17.3 Å². The molecule has 0 aromatic carbocycles. The number of hydrogen-bond donors (Lipinski definition) is 2. The number of carbonyl (C=O) groups is 2. The fourth-order valence-electron chi connectivity index (χ4n) is 2.36. The van der Waals surface area contributed by atoms with E-state index in [4.69, 9.17) is 4.74 Å². The number of thioether (sulfide) groups is 1. The van der Waals surface area contributed by atoms with Crippen LogP contribution in [0.5, 0.6) is 0 Å².